The predicted octanol–water partition coefficient (Wildman–Crippen LogP) is 18.2. The molecule has 0 spiro atoms. The molecule has 0 radical (unpaired) electrons. The summed E-state index contributed by atoms with van der Waals surface area (Å²) in [5.74, 6) is 0. The van der Waals surface area contributed by atoms with Gasteiger partial charge >= 0.3 is 0 Å². The minimum absolute atomic E-state index is 0.0806. The summed E-state index contributed by atoms with van der Waals surface area (Å²) in [6.07, 6.45) is 0. The van der Waals surface area contributed by atoms with E-state index in [0.29, 0.717) is 0 Å². The molecule has 2 aliphatic carbocycles. The van der Waals surface area contributed by atoms with Crippen LogP contribution in [0.1, 0.15) is 49.9 Å². The van der Waals surface area contributed by atoms with E-state index in [2.05, 4.69) is 222 Å². The summed E-state index contributed by atoms with van der Waals surface area (Å²) in [5, 5.41) is 18.6. The van der Waals surface area contributed by atoms with Gasteiger partial charge in [0.05, 0.1) is 0 Å². The third-order valence-corrected chi connectivity index (χ3v) is 16.3. The molecule has 0 bridgehead atoms. The van der Waals surface area contributed by atoms with Crippen LogP contribution in [0.25, 0.3) is 131 Å². The monoisotopic (exact) mass is 836 g/mol. The Morgan fingerprint density at radius 3 is 1.52 bits per heavy atom. The van der Waals surface area contributed by atoms with E-state index in [0.717, 1.165) is 0 Å². The maximum atomic E-state index is 2.57. The smallest absolute Gasteiger partial charge is 0.0159 e. The number of benzene rings is 11. The van der Waals surface area contributed by atoms with Gasteiger partial charge in [0.15, 0.2) is 0 Å². The quantitative estimate of drug-likeness (QED) is 0.156. The highest BCUT2D eigenvalue weighted by Gasteiger charge is 2.37. The fraction of sp³-hybridized carbons (Fsp3) is 0.0909. The zero-order valence-corrected chi connectivity index (χ0v) is 37.5. The Hall–Kier alpha value is -7.80. The molecule has 0 aliphatic heterocycles. The molecule has 0 heteroatoms. The lowest BCUT2D eigenvalue weighted by atomic mass is 9.81. The topological polar surface area (TPSA) is 0 Å². The van der Waals surface area contributed by atoms with Crippen molar-refractivity contribution >= 4 is 75.4 Å². The fourth-order valence-corrected chi connectivity index (χ4v) is 13.4. The maximum Gasteiger partial charge on any atom is 0.0159 e. The molecular weight excluding hydrogens is 793 g/mol. The van der Waals surface area contributed by atoms with E-state index in [1.165, 1.54) is 153 Å². The molecule has 0 heterocycles. The van der Waals surface area contributed by atoms with Crippen molar-refractivity contribution in [2.75, 3.05) is 0 Å². The lowest BCUT2D eigenvalue weighted by Crippen LogP contribution is -2.14. The van der Waals surface area contributed by atoms with Crippen LogP contribution >= 0.6 is 0 Å². The molecule has 0 amide bonds. The second kappa shape index (κ2) is 12.5. The summed E-state index contributed by atoms with van der Waals surface area (Å²) in [6.45, 7) is 9.55. The first-order valence-corrected chi connectivity index (χ1v) is 23.6. The van der Waals surface area contributed by atoms with Gasteiger partial charge in [0.1, 0.15) is 0 Å². The molecule has 0 N–H and O–H groups in total. The average molecular weight is 837 g/mol. The van der Waals surface area contributed by atoms with Crippen molar-refractivity contribution in [1.82, 2.24) is 0 Å². The Morgan fingerprint density at radius 2 is 0.742 bits per heavy atom. The first kappa shape index (κ1) is 36.5. The van der Waals surface area contributed by atoms with Gasteiger partial charge in [-0.25, -0.2) is 0 Å². The first-order valence-electron chi connectivity index (χ1n) is 23.6. The highest BCUT2D eigenvalue weighted by molar-refractivity contribution is 6.45. The Bertz CT molecular complexity index is 4250. The van der Waals surface area contributed by atoms with Crippen LogP contribution in [0.2, 0.25) is 0 Å². The van der Waals surface area contributed by atoms with E-state index in [1.807, 2.05) is 0 Å². The third-order valence-electron chi connectivity index (χ3n) is 16.3. The van der Waals surface area contributed by atoms with Gasteiger partial charge in [-0.05, 0) is 171 Å². The number of hydrogen-bond acceptors (Lipinski definition) is 0. The van der Waals surface area contributed by atoms with Gasteiger partial charge in [-0.1, -0.05) is 204 Å². The number of fused-ring (bicyclic) bond motifs is 14. The average Bonchev–Trinajstić information content (AvgIpc) is 4.01. The fourth-order valence-electron chi connectivity index (χ4n) is 13.4. The zero-order chi connectivity index (χ0) is 43.8. The molecule has 0 atom stereocenters. The molecule has 308 valence electrons. The second-order valence-corrected chi connectivity index (χ2v) is 20.2. The van der Waals surface area contributed by atoms with E-state index in [9.17, 15) is 0 Å². The third kappa shape index (κ3) is 4.45. The van der Waals surface area contributed by atoms with E-state index < -0.39 is 0 Å². The maximum absolute atomic E-state index is 2.57. The zero-order valence-electron chi connectivity index (χ0n) is 37.5. The molecule has 15 rings (SSSR count). The highest BCUT2D eigenvalue weighted by Crippen LogP contribution is 2.57. The summed E-state index contributed by atoms with van der Waals surface area (Å²) in [4.78, 5) is 0. The van der Waals surface area contributed by atoms with Crippen LogP contribution in [0, 0.1) is 0 Å². The Labute approximate surface area is 384 Å². The molecule has 0 nitrogen and oxygen atoms in total. The van der Waals surface area contributed by atoms with Crippen LogP contribution in [0.5, 0.6) is 0 Å². The van der Waals surface area contributed by atoms with Gasteiger partial charge in [-0.3, -0.25) is 0 Å². The molecule has 0 saturated heterocycles. The molecule has 0 fully saturated rings. The van der Waals surface area contributed by atoms with Crippen LogP contribution in [-0.2, 0) is 10.8 Å². The summed E-state index contributed by atoms with van der Waals surface area (Å²) in [7, 11) is 0. The standard InChI is InChI=1S/C66H44/c1-65(2)55-27-13-11-21-44(55)51-34-39(29-33-56(51)65)58-53-36-52-42-19-9-8-18-41(42)47-23-15-24-48(61(47)52)62(53)59(37-16-6-5-7-17-37)64-50-32-31-40(46-22-14-25-49(60(46)50)63(58)64)38-28-30-45-43-20-10-12-26-54(43)66(3,4)57(45)35-38/h5-36H,1-4H3. The molecule has 0 aromatic heterocycles. The first-order chi connectivity index (χ1) is 32.3. The minimum atomic E-state index is -0.0817. The molecule has 0 unspecified atom stereocenters. The van der Waals surface area contributed by atoms with Gasteiger partial charge in [-0.2, -0.15) is 0 Å². The van der Waals surface area contributed by atoms with Crippen molar-refractivity contribution in [3.63, 3.8) is 0 Å². The summed E-state index contributed by atoms with van der Waals surface area (Å²) in [6, 6.07) is 74.5. The number of hydrogen-bond donors (Lipinski definition) is 0. The molecule has 13 aromatic rings. The molecular formula is C66H44. The van der Waals surface area contributed by atoms with Gasteiger partial charge in [-0.15, -0.1) is 0 Å². The van der Waals surface area contributed by atoms with Gasteiger partial charge in [0, 0.05) is 10.8 Å². The summed E-state index contributed by atoms with van der Waals surface area (Å²) >= 11 is 0. The van der Waals surface area contributed by atoms with Crippen molar-refractivity contribution in [3.8, 4) is 55.6 Å². The van der Waals surface area contributed by atoms with Gasteiger partial charge in [0.25, 0.3) is 0 Å². The molecule has 0 saturated carbocycles. The van der Waals surface area contributed by atoms with Crippen LogP contribution in [0.3, 0.4) is 0 Å². The van der Waals surface area contributed by atoms with E-state index in [4.69, 9.17) is 0 Å². The molecule has 2 aliphatic rings. The molecule has 13 aromatic carbocycles. The Kier molecular flexibility index (Phi) is 6.92. The number of rotatable bonds is 3. The van der Waals surface area contributed by atoms with Crippen molar-refractivity contribution < 1.29 is 0 Å². The lowest BCUT2D eigenvalue weighted by Gasteiger charge is -2.22. The second-order valence-electron chi connectivity index (χ2n) is 20.2. The van der Waals surface area contributed by atoms with Crippen molar-refractivity contribution in [2.24, 2.45) is 0 Å². The molecule has 66 heavy (non-hydrogen) atoms. The Morgan fingerprint density at radius 1 is 0.227 bits per heavy atom. The van der Waals surface area contributed by atoms with Crippen molar-refractivity contribution in [3.05, 3.63) is 216 Å². The Balaban J connectivity index is 1.13. The highest BCUT2D eigenvalue weighted by atomic mass is 14.4. The lowest BCUT2D eigenvalue weighted by molar-refractivity contribution is 0.660. The van der Waals surface area contributed by atoms with E-state index >= 15 is 0 Å². The minimum Gasteiger partial charge on any atom is -0.0622 e. The predicted molar refractivity (Wildman–Crippen MR) is 283 cm³/mol. The van der Waals surface area contributed by atoms with E-state index in [1.54, 1.807) is 0 Å². The van der Waals surface area contributed by atoms with Crippen LogP contribution in [0.15, 0.2) is 194 Å². The largest absolute Gasteiger partial charge is 0.0622 e. The van der Waals surface area contributed by atoms with Crippen LogP contribution in [0.4, 0.5) is 0 Å². The SMILES string of the molecule is CC1(C)c2ccccc2-c2cc(-c3c4cc5c6ccccc6c6cccc(c4c(-c4ccccc4)c4c7ccc(-c8ccc9c(c8)C(C)(C)c8ccccc8-9)c8cccc(c34)c87)c65)ccc21. The van der Waals surface area contributed by atoms with E-state index in [-0.39, 0.29) is 10.8 Å². The normalized spacial score (nSPS) is 14.6. The summed E-state index contributed by atoms with van der Waals surface area (Å²) in [5.41, 5.74) is 18.6. The van der Waals surface area contributed by atoms with Crippen LogP contribution < -0.4 is 0 Å². The van der Waals surface area contributed by atoms with Crippen LogP contribution in [-0.4, -0.2) is 0 Å². The summed E-state index contributed by atoms with van der Waals surface area (Å²) < 4.78 is 0. The van der Waals surface area contributed by atoms with Gasteiger partial charge in [0.2, 0.25) is 0 Å². The van der Waals surface area contributed by atoms with Crippen molar-refractivity contribution in [1.29, 1.82) is 0 Å². The van der Waals surface area contributed by atoms with Crippen molar-refractivity contribution in [2.45, 2.75) is 38.5 Å². The van der Waals surface area contributed by atoms with Gasteiger partial charge < -0.3 is 0 Å².